The second kappa shape index (κ2) is 15.8. The molecule has 12 nitrogen and oxygen atoms in total. The molecule has 0 bridgehead atoms. The largest absolute Gasteiger partial charge is 0.391 e. The van der Waals surface area contributed by atoms with Crippen molar-refractivity contribution in [2.24, 2.45) is 11.8 Å². The average molecular weight is 607 g/mol. The fourth-order valence-electron chi connectivity index (χ4n) is 4.97. The van der Waals surface area contributed by atoms with Crippen molar-refractivity contribution in [3.63, 3.8) is 0 Å². The van der Waals surface area contributed by atoms with Crippen molar-refractivity contribution in [1.82, 2.24) is 26.0 Å². The number of likely N-dealkylation sites (tertiary alicyclic amines) is 1. The van der Waals surface area contributed by atoms with Crippen molar-refractivity contribution in [1.29, 1.82) is 5.26 Å². The van der Waals surface area contributed by atoms with Crippen LogP contribution in [0, 0.1) is 37.0 Å². The Kier molecular flexibility index (Phi) is 12.2. The van der Waals surface area contributed by atoms with E-state index in [4.69, 9.17) is 4.52 Å². The van der Waals surface area contributed by atoms with Crippen LogP contribution in [0.3, 0.4) is 0 Å². The Hall–Kier alpha value is -4.50. The molecule has 44 heavy (non-hydrogen) atoms. The minimum Gasteiger partial charge on any atom is -0.391 e. The van der Waals surface area contributed by atoms with Gasteiger partial charge in [-0.2, -0.15) is 5.26 Å². The van der Waals surface area contributed by atoms with Crippen molar-refractivity contribution in [3.05, 3.63) is 64.6 Å². The van der Waals surface area contributed by atoms with Gasteiger partial charge in [0.2, 0.25) is 11.8 Å². The molecule has 0 saturated carbocycles. The van der Waals surface area contributed by atoms with Gasteiger partial charge in [-0.15, -0.1) is 0 Å². The number of aliphatic hydroxyl groups is 1. The third-order valence-corrected chi connectivity index (χ3v) is 7.45. The summed E-state index contributed by atoms with van der Waals surface area (Å²) < 4.78 is 4.93. The summed E-state index contributed by atoms with van der Waals surface area (Å²) >= 11 is 0. The number of hydrogen-bond donors (Lipinski definition) is 4. The van der Waals surface area contributed by atoms with Crippen LogP contribution in [0.2, 0.25) is 0 Å². The Labute approximate surface area is 257 Å². The van der Waals surface area contributed by atoms with Crippen LogP contribution in [0.1, 0.15) is 67.4 Å². The Morgan fingerprint density at radius 1 is 1.09 bits per heavy atom. The van der Waals surface area contributed by atoms with Gasteiger partial charge in [0.15, 0.2) is 5.69 Å². The fourth-order valence-corrected chi connectivity index (χ4v) is 4.97. The number of aromatic nitrogens is 1. The van der Waals surface area contributed by atoms with E-state index in [1.54, 1.807) is 17.9 Å². The Bertz CT molecular complexity index is 1380. The summed E-state index contributed by atoms with van der Waals surface area (Å²) in [6, 6.07) is 8.77. The van der Waals surface area contributed by atoms with E-state index in [0.29, 0.717) is 31.7 Å². The van der Waals surface area contributed by atoms with Gasteiger partial charge in [0.05, 0.1) is 6.10 Å². The fraction of sp³-hybridized carbons (Fsp3) is 0.500. The van der Waals surface area contributed by atoms with Crippen LogP contribution in [-0.2, 0) is 20.9 Å². The summed E-state index contributed by atoms with van der Waals surface area (Å²) in [5.41, 5.74) is 2.05. The van der Waals surface area contributed by atoms with Gasteiger partial charge in [0.1, 0.15) is 29.5 Å². The number of aliphatic hydroxyl groups excluding tert-OH is 1. The molecule has 1 saturated heterocycles. The molecule has 3 atom stereocenters. The highest BCUT2D eigenvalue weighted by Crippen LogP contribution is 2.24. The highest BCUT2D eigenvalue weighted by molar-refractivity contribution is 5.98. The molecule has 1 fully saturated rings. The third kappa shape index (κ3) is 9.77. The summed E-state index contributed by atoms with van der Waals surface area (Å²) in [6.07, 6.45) is 1.81. The lowest BCUT2D eigenvalue weighted by Crippen LogP contribution is -2.57. The van der Waals surface area contributed by atoms with Gasteiger partial charge in [-0.3, -0.25) is 19.2 Å². The van der Waals surface area contributed by atoms with Crippen LogP contribution >= 0.6 is 0 Å². The zero-order valence-electron chi connectivity index (χ0n) is 25.9. The van der Waals surface area contributed by atoms with Crippen molar-refractivity contribution in [2.45, 2.75) is 78.6 Å². The topological polar surface area (TPSA) is 178 Å². The minimum absolute atomic E-state index is 0.00761. The van der Waals surface area contributed by atoms with Crippen LogP contribution in [0.25, 0.3) is 0 Å². The number of nitrogens with zero attached hydrogens (tertiary/aromatic N) is 3. The number of carbonyl (C=O) groups excluding carboxylic acids is 4. The van der Waals surface area contributed by atoms with Crippen molar-refractivity contribution >= 4 is 23.6 Å². The highest BCUT2D eigenvalue weighted by atomic mass is 16.5. The molecule has 236 valence electrons. The van der Waals surface area contributed by atoms with E-state index in [2.05, 4.69) is 21.1 Å². The van der Waals surface area contributed by atoms with E-state index >= 15 is 0 Å². The van der Waals surface area contributed by atoms with E-state index in [9.17, 15) is 29.5 Å². The number of amides is 4. The number of carbonyl (C=O) groups is 4. The Morgan fingerprint density at radius 3 is 2.30 bits per heavy atom. The van der Waals surface area contributed by atoms with Crippen molar-refractivity contribution < 1.29 is 28.8 Å². The average Bonchev–Trinajstić information content (AvgIpc) is 3.43. The summed E-state index contributed by atoms with van der Waals surface area (Å²) in [5.74, 6) is -1.69. The maximum Gasteiger partial charge on any atom is 0.274 e. The number of rotatable bonds is 12. The number of benzene rings is 1. The first-order valence-corrected chi connectivity index (χ1v) is 14.8. The van der Waals surface area contributed by atoms with Gasteiger partial charge in [0.25, 0.3) is 11.8 Å². The van der Waals surface area contributed by atoms with Crippen LogP contribution in [0.15, 0.2) is 46.5 Å². The molecule has 4 amide bonds. The van der Waals surface area contributed by atoms with E-state index < -0.39 is 35.9 Å². The minimum atomic E-state index is -1.36. The Balaban J connectivity index is 1.71. The molecule has 4 N–H and O–H groups in total. The molecule has 0 aliphatic carbocycles. The maximum atomic E-state index is 13.4. The summed E-state index contributed by atoms with van der Waals surface area (Å²) in [6.45, 7) is 9.82. The van der Waals surface area contributed by atoms with E-state index in [-0.39, 0.29) is 42.0 Å². The van der Waals surface area contributed by atoms with Crippen LogP contribution in [0.5, 0.6) is 0 Å². The summed E-state index contributed by atoms with van der Waals surface area (Å²) in [4.78, 5) is 54.0. The molecule has 1 aliphatic heterocycles. The lowest BCUT2D eigenvalue weighted by molar-refractivity contribution is -0.132. The van der Waals surface area contributed by atoms with E-state index in [0.717, 1.165) is 11.1 Å². The smallest absolute Gasteiger partial charge is 0.274 e. The highest BCUT2D eigenvalue weighted by Gasteiger charge is 2.33. The van der Waals surface area contributed by atoms with Crippen LogP contribution in [-0.4, -0.2) is 70.1 Å². The Morgan fingerprint density at radius 2 is 1.75 bits per heavy atom. The zero-order chi connectivity index (χ0) is 32.4. The van der Waals surface area contributed by atoms with Gasteiger partial charge in [-0.05, 0) is 57.4 Å². The molecular weight excluding hydrogens is 564 g/mol. The van der Waals surface area contributed by atoms with Gasteiger partial charge < -0.3 is 30.5 Å². The zero-order valence-corrected chi connectivity index (χ0v) is 25.9. The van der Waals surface area contributed by atoms with Gasteiger partial charge in [0, 0.05) is 25.7 Å². The van der Waals surface area contributed by atoms with E-state index in [1.807, 2.05) is 51.1 Å². The molecule has 1 aromatic carbocycles. The summed E-state index contributed by atoms with van der Waals surface area (Å²) in [7, 11) is 0. The second-order valence-electron chi connectivity index (χ2n) is 11.7. The predicted molar refractivity (Wildman–Crippen MR) is 162 cm³/mol. The lowest BCUT2D eigenvalue weighted by atomic mass is 9.89. The van der Waals surface area contributed by atoms with Crippen molar-refractivity contribution in [3.8, 4) is 6.07 Å². The quantitative estimate of drug-likeness (QED) is 0.210. The number of allylic oxidation sites excluding steroid dienone is 1. The second-order valence-corrected chi connectivity index (χ2v) is 11.7. The lowest BCUT2D eigenvalue weighted by Gasteiger charge is -2.34. The predicted octanol–water partition coefficient (Wildman–Crippen LogP) is 2.31. The molecule has 3 rings (SSSR count). The normalized spacial score (nSPS) is 16.0. The number of nitriles is 1. The molecule has 1 aliphatic rings. The molecular formula is C32H42N6O6. The van der Waals surface area contributed by atoms with Gasteiger partial charge >= 0.3 is 0 Å². The standard InChI is InChI=1S/C32H42N6O6/c1-19(2)14-25(17-33)32(43)38-12-10-23(11-13-38)16-26(29(40)34-18-24-8-6-20(3)7-9-24)35-31(42)28(22(5)39)36-30(41)27-15-21(4)44-37-27/h6-9,14-15,19,22-23,26,28,39H,10-13,16,18H2,1-5H3,(H,34,40)(H,35,42)(H,36,41). The molecule has 2 heterocycles. The molecule has 1 aromatic heterocycles. The number of hydrogen-bond acceptors (Lipinski definition) is 8. The first-order chi connectivity index (χ1) is 20.9. The first kappa shape index (κ1) is 34.0. The van der Waals surface area contributed by atoms with Crippen molar-refractivity contribution in [2.75, 3.05) is 13.1 Å². The first-order valence-electron chi connectivity index (χ1n) is 14.8. The number of piperidine rings is 1. The van der Waals surface area contributed by atoms with Crippen LogP contribution < -0.4 is 16.0 Å². The molecule has 12 heteroatoms. The van der Waals surface area contributed by atoms with Gasteiger partial charge in [-0.25, -0.2) is 0 Å². The molecule has 0 spiro atoms. The third-order valence-electron chi connectivity index (χ3n) is 7.45. The maximum absolute atomic E-state index is 13.4. The van der Waals surface area contributed by atoms with Crippen LogP contribution in [0.4, 0.5) is 0 Å². The SMILES string of the molecule is Cc1ccc(CNC(=O)C(CC2CCN(C(=O)C(C#N)=CC(C)C)CC2)NC(=O)C(NC(=O)c2cc(C)on2)C(C)O)cc1. The molecule has 3 unspecified atom stereocenters. The number of nitrogens with one attached hydrogen (secondary N) is 3. The van der Waals surface area contributed by atoms with E-state index in [1.165, 1.54) is 13.0 Å². The monoisotopic (exact) mass is 606 g/mol. The van der Waals surface area contributed by atoms with Gasteiger partial charge in [-0.1, -0.05) is 54.9 Å². The molecule has 2 aromatic rings. The summed E-state index contributed by atoms with van der Waals surface area (Å²) in [5, 5.41) is 31.5. The number of aryl methyl sites for hydroxylation is 2. The molecule has 0 radical (unpaired) electrons.